The third kappa shape index (κ3) is 4.28. The van der Waals surface area contributed by atoms with Gasteiger partial charge in [0.2, 0.25) is 0 Å². The van der Waals surface area contributed by atoms with Gasteiger partial charge in [-0.05, 0) is 32.4 Å². The second-order valence-corrected chi connectivity index (χ2v) is 5.16. The molecule has 25 heavy (non-hydrogen) atoms. The van der Waals surface area contributed by atoms with Gasteiger partial charge in [0.25, 0.3) is 0 Å². The van der Waals surface area contributed by atoms with E-state index in [0.29, 0.717) is 17.0 Å². The monoisotopic (exact) mass is 348 g/mol. The van der Waals surface area contributed by atoms with Crippen molar-refractivity contribution in [2.45, 2.75) is 26.7 Å². The van der Waals surface area contributed by atoms with Crippen molar-refractivity contribution in [3.8, 4) is 0 Å². The Bertz CT molecular complexity index is 711. The Morgan fingerprint density at radius 1 is 1.16 bits per heavy atom. The van der Waals surface area contributed by atoms with Gasteiger partial charge < -0.3 is 24.3 Å². The molecule has 0 radical (unpaired) electrons. The lowest BCUT2D eigenvalue weighted by Crippen LogP contribution is -2.29. The fourth-order valence-electron chi connectivity index (χ4n) is 2.45. The maximum absolute atomic E-state index is 11.8. The molecule has 1 N–H and O–H groups in total. The van der Waals surface area contributed by atoms with E-state index in [1.165, 1.54) is 7.11 Å². The average Bonchev–Trinajstić information content (AvgIpc) is 2.60. The van der Waals surface area contributed by atoms with Crippen LogP contribution in [-0.4, -0.2) is 31.0 Å². The number of nitrogens with one attached hydrogen (secondary N) is 1. The zero-order valence-electron chi connectivity index (χ0n) is 14.5. The highest BCUT2D eigenvalue weighted by molar-refractivity contribution is 5.64. The molecular weight excluding hydrogens is 328 g/mol. The van der Waals surface area contributed by atoms with Crippen LogP contribution in [-0.2, 0) is 18.9 Å². The molecule has 0 fully saturated rings. The minimum absolute atomic E-state index is 0.177. The lowest BCUT2D eigenvalue weighted by Gasteiger charge is -2.29. The van der Waals surface area contributed by atoms with Crippen molar-refractivity contribution in [2.75, 3.05) is 13.7 Å². The van der Waals surface area contributed by atoms with Crippen LogP contribution in [0.15, 0.2) is 47.4 Å². The van der Waals surface area contributed by atoms with Gasteiger partial charge in [-0.3, -0.25) is 4.98 Å². The molecule has 1 aliphatic rings. The van der Waals surface area contributed by atoms with Gasteiger partial charge in [-0.2, -0.15) is 0 Å². The van der Waals surface area contributed by atoms with Crippen LogP contribution in [0.5, 0.6) is 0 Å². The van der Waals surface area contributed by atoms with Crippen LogP contribution in [0.4, 0.5) is 9.59 Å². The molecule has 0 saturated heterocycles. The molecule has 2 rings (SSSR count). The van der Waals surface area contributed by atoms with Crippen molar-refractivity contribution in [1.82, 2.24) is 10.3 Å². The number of hydrogen-bond acceptors (Lipinski definition) is 8. The van der Waals surface area contributed by atoms with E-state index in [0.717, 1.165) is 0 Å². The Balaban J connectivity index is 2.47. The average molecular weight is 348 g/mol. The molecule has 2 heterocycles. The van der Waals surface area contributed by atoms with Crippen molar-refractivity contribution >= 4 is 12.3 Å². The molecule has 0 aromatic carbocycles. The molecule has 1 aliphatic heterocycles. The van der Waals surface area contributed by atoms with E-state index in [1.807, 2.05) is 0 Å². The highest BCUT2D eigenvalue weighted by Crippen LogP contribution is 2.39. The van der Waals surface area contributed by atoms with Gasteiger partial charge in [0.1, 0.15) is 17.4 Å². The number of rotatable bonds is 4. The first-order chi connectivity index (χ1) is 12.0. The lowest BCUT2D eigenvalue weighted by atomic mass is 9.91. The minimum Gasteiger partial charge on any atom is -0.437 e. The van der Waals surface area contributed by atoms with Crippen molar-refractivity contribution in [3.05, 3.63) is 53.0 Å². The van der Waals surface area contributed by atoms with E-state index >= 15 is 0 Å². The standard InChI is InChI=1S/C17H20N2O6/c1-5-23-17(21)25-15-11(3)19-10(2)14(24-16(20)22-4)13(15)12-7-6-8-18-9-12/h6-9,13,19H,5H2,1-4H3. The SMILES string of the molecule is CCOC(=O)OC1=C(C)NC(C)=C(OC(=O)OC)C1c1cccnc1. The first-order valence-electron chi connectivity index (χ1n) is 7.66. The summed E-state index contributed by atoms with van der Waals surface area (Å²) in [5.41, 5.74) is 1.87. The number of pyridine rings is 1. The molecular formula is C17H20N2O6. The van der Waals surface area contributed by atoms with E-state index in [9.17, 15) is 9.59 Å². The first kappa shape index (κ1) is 18.3. The molecule has 0 spiro atoms. The molecule has 1 aromatic rings. The van der Waals surface area contributed by atoms with E-state index in [1.54, 1.807) is 45.3 Å². The van der Waals surface area contributed by atoms with Gasteiger partial charge in [0.15, 0.2) is 0 Å². The van der Waals surface area contributed by atoms with Gasteiger partial charge in [0, 0.05) is 12.4 Å². The molecule has 8 heteroatoms. The van der Waals surface area contributed by atoms with Gasteiger partial charge >= 0.3 is 12.3 Å². The number of carbonyl (C=O) groups is 2. The lowest BCUT2D eigenvalue weighted by molar-refractivity contribution is 0.0696. The summed E-state index contributed by atoms with van der Waals surface area (Å²) >= 11 is 0. The van der Waals surface area contributed by atoms with E-state index in [2.05, 4.69) is 15.0 Å². The zero-order chi connectivity index (χ0) is 18.4. The number of carbonyl (C=O) groups excluding carboxylic acids is 2. The molecule has 0 amide bonds. The Morgan fingerprint density at radius 2 is 1.80 bits per heavy atom. The Labute approximate surface area is 145 Å². The summed E-state index contributed by atoms with van der Waals surface area (Å²) in [7, 11) is 1.21. The van der Waals surface area contributed by atoms with E-state index < -0.39 is 18.2 Å². The van der Waals surface area contributed by atoms with Gasteiger partial charge in [0.05, 0.1) is 25.1 Å². The largest absolute Gasteiger partial charge is 0.513 e. The van der Waals surface area contributed by atoms with Crippen molar-refractivity contribution in [1.29, 1.82) is 0 Å². The number of nitrogens with zero attached hydrogens (tertiary/aromatic N) is 1. The maximum Gasteiger partial charge on any atom is 0.513 e. The van der Waals surface area contributed by atoms with Crippen LogP contribution >= 0.6 is 0 Å². The minimum atomic E-state index is -0.875. The maximum atomic E-state index is 11.8. The molecule has 1 aromatic heterocycles. The molecule has 1 atom stereocenters. The fraction of sp³-hybridized carbons (Fsp3) is 0.353. The van der Waals surface area contributed by atoms with Crippen LogP contribution < -0.4 is 5.32 Å². The van der Waals surface area contributed by atoms with E-state index in [4.69, 9.17) is 14.2 Å². The number of aromatic nitrogens is 1. The highest BCUT2D eigenvalue weighted by Gasteiger charge is 2.35. The number of ether oxygens (including phenoxy) is 4. The summed E-state index contributed by atoms with van der Waals surface area (Å²) < 4.78 is 20.1. The predicted octanol–water partition coefficient (Wildman–Crippen LogP) is 3.19. The molecule has 134 valence electrons. The van der Waals surface area contributed by atoms with Crippen LogP contribution in [0, 0.1) is 0 Å². The highest BCUT2D eigenvalue weighted by atomic mass is 16.7. The number of dihydropyridines is 1. The van der Waals surface area contributed by atoms with Crippen LogP contribution in [0.3, 0.4) is 0 Å². The Hall–Kier alpha value is -3.03. The smallest absolute Gasteiger partial charge is 0.437 e. The predicted molar refractivity (Wildman–Crippen MR) is 87.1 cm³/mol. The summed E-state index contributed by atoms with van der Waals surface area (Å²) in [5.74, 6) is -0.140. The van der Waals surface area contributed by atoms with Gasteiger partial charge in [-0.1, -0.05) is 6.07 Å². The van der Waals surface area contributed by atoms with Crippen molar-refractivity contribution in [2.24, 2.45) is 0 Å². The summed E-state index contributed by atoms with van der Waals surface area (Å²) in [6.45, 7) is 5.34. The quantitative estimate of drug-likeness (QED) is 0.829. The number of allylic oxidation sites excluding steroid dienone is 2. The fourth-order valence-corrected chi connectivity index (χ4v) is 2.45. The van der Waals surface area contributed by atoms with Crippen molar-refractivity contribution in [3.63, 3.8) is 0 Å². The molecule has 0 bridgehead atoms. The summed E-state index contributed by atoms with van der Waals surface area (Å²) in [6.07, 6.45) is 1.50. The second kappa shape index (κ2) is 8.18. The third-order valence-corrected chi connectivity index (χ3v) is 3.47. The summed E-state index contributed by atoms with van der Waals surface area (Å²) in [5, 5.41) is 3.03. The molecule has 1 unspecified atom stereocenters. The molecule has 0 aliphatic carbocycles. The third-order valence-electron chi connectivity index (χ3n) is 3.47. The molecule has 8 nitrogen and oxygen atoms in total. The first-order valence-corrected chi connectivity index (χ1v) is 7.66. The Kier molecular flexibility index (Phi) is 5.99. The topological polar surface area (TPSA) is 96.0 Å². The zero-order valence-corrected chi connectivity index (χ0v) is 14.5. The summed E-state index contributed by atoms with van der Waals surface area (Å²) in [4.78, 5) is 27.6. The van der Waals surface area contributed by atoms with E-state index in [-0.39, 0.29) is 18.1 Å². The normalized spacial score (nSPS) is 16.9. The van der Waals surface area contributed by atoms with Gasteiger partial charge in [-0.25, -0.2) is 9.59 Å². The second-order valence-electron chi connectivity index (χ2n) is 5.16. The van der Waals surface area contributed by atoms with Gasteiger partial charge in [-0.15, -0.1) is 0 Å². The van der Waals surface area contributed by atoms with Crippen LogP contribution in [0.1, 0.15) is 32.3 Å². The van der Waals surface area contributed by atoms with Crippen LogP contribution in [0.25, 0.3) is 0 Å². The van der Waals surface area contributed by atoms with Crippen molar-refractivity contribution < 1.29 is 28.5 Å². The Morgan fingerprint density at radius 3 is 2.32 bits per heavy atom. The number of methoxy groups -OCH3 is 1. The molecule has 0 saturated carbocycles. The number of hydrogen-bond donors (Lipinski definition) is 1. The van der Waals surface area contributed by atoms with Crippen LogP contribution in [0.2, 0.25) is 0 Å². The summed E-state index contributed by atoms with van der Waals surface area (Å²) in [6, 6.07) is 3.53.